The standard InChI is InChI=1S/C16H22N2O4/c1-10-6-5-7-11(2)13(10)22-9-12(19)8-18-14(20)16(3,4)17-15(18)21/h5-7,12,19H,8-9H2,1-4H3,(H,17,21)/t12-/m0/s1. The number of rotatable bonds is 5. The molecule has 1 fully saturated rings. The maximum atomic E-state index is 12.0. The van der Waals surface area contributed by atoms with Crippen LogP contribution >= 0.6 is 0 Å². The predicted molar refractivity (Wildman–Crippen MR) is 81.7 cm³/mol. The van der Waals surface area contributed by atoms with Crippen molar-refractivity contribution in [3.05, 3.63) is 29.3 Å². The molecule has 6 heteroatoms. The smallest absolute Gasteiger partial charge is 0.325 e. The van der Waals surface area contributed by atoms with Crippen LogP contribution in [0.3, 0.4) is 0 Å². The Balaban J connectivity index is 1.95. The Morgan fingerprint density at radius 2 is 1.86 bits per heavy atom. The van der Waals surface area contributed by atoms with Gasteiger partial charge in [-0.25, -0.2) is 4.79 Å². The molecule has 0 radical (unpaired) electrons. The predicted octanol–water partition coefficient (Wildman–Crippen LogP) is 1.37. The number of carbonyl (C=O) groups is 2. The highest BCUT2D eigenvalue weighted by Gasteiger charge is 2.44. The molecule has 1 aromatic carbocycles. The minimum Gasteiger partial charge on any atom is -0.490 e. The molecule has 0 aromatic heterocycles. The number of hydrogen-bond donors (Lipinski definition) is 2. The van der Waals surface area contributed by atoms with Gasteiger partial charge in [0.1, 0.15) is 24.0 Å². The Morgan fingerprint density at radius 3 is 2.36 bits per heavy atom. The lowest BCUT2D eigenvalue weighted by atomic mass is 10.1. The van der Waals surface area contributed by atoms with Crippen LogP contribution in [0, 0.1) is 13.8 Å². The van der Waals surface area contributed by atoms with Gasteiger partial charge < -0.3 is 15.2 Å². The summed E-state index contributed by atoms with van der Waals surface area (Å²) < 4.78 is 5.64. The van der Waals surface area contributed by atoms with E-state index in [0.29, 0.717) is 0 Å². The molecule has 1 aliphatic heterocycles. The van der Waals surface area contributed by atoms with E-state index in [1.165, 1.54) is 0 Å². The third kappa shape index (κ3) is 3.22. The molecule has 3 amide bonds. The van der Waals surface area contributed by atoms with Crippen LogP contribution in [0.4, 0.5) is 4.79 Å². The Morgan fingerprint density at radius 1 is 1.27 bits per heavy atom. The monoisotopic (exact) mass is 306 g/mol. The van der Waals surface area contributed by atoms with Crippen LogP contribution < -0.4 is 10.1 Å². The second-order valence-electron chi connectivity index (χ2n) is 6.16. The molecule has 1 aromatic rings. The first-order chi connectivity index (χ1) is 10.2. The van der Waals surface area contributed by atoms with Crippen LogP contribution in [0.25, 0.3) is 0 Å². The minimum absolute atomic E-state index is 0.0170. The first-order valence-corrected chi connectivity index (χ1v) is 7.23. The van der Waals surface area contributed by atoms with Crippen molar-refractivity contribution in [1.82, 2.24) is 10.2 Å². The summed E-state index contributed by atoms with van der Waals surface area (Å²) in [5.41, 5.74) is 1.02. The number of imide groups is 1. The number of aliphatic hydroxyl groups is 1. The molecular formula is C16H22N2O4. The molecule has 1 aliphatic rings. The van der Waals surface area contributed by atoms with E-state index >= 15 is 0 Å². The zero-order valence-corrected chi connectivity index (χ0v) is 13.3. The van der Waals surface area contributed by atoms with Crippen molar-refractivity contribution in [3.63, 3.8) is 0 Å². The number of carbonyl (C=O) groups excluding carboxylic acids is 2. The van der Waals surface area contributed by atoms with Gasteiger partial charge in [-0.2, -0.15) is 0 Å². The number of ether oxygens (including phenoxy) is 1. The molecule has 2 rings (SSSR count). The number of urea groups is 1. The molecular weight excluding hydrogens is 284 g/mol. The highest BCUT2D eigenvalue weighted by Crippen LogP contribution is 2.23. The van der Waals surface area contributed by atoms with Crippen molar-refractivity contribution in [2.75, 3.05) is 13.2 Å². The van der Waals surface area contributed by atoms with E-state index in [1.807, 2.05) is 32.0 Å². The van der Waals surface area contributed by atoms with Crippen LogP contribution in [0.1, 0.15) is 25.0 Å². The van der Waals surface area contributed by atoms with Gasteiger partial charge in [-0.05, 0) is 38.8 Å². The summed E-state index contributed by atoms with van der Waals surface area (Å²) in [7, 11) is 0. The first kappa shape index (κ1) is 16.3. The third-order valence-corrected chi connectivity index (χ3v) is 3.67. The lowest BCUT2D eigenvalue weighted by Crippen LogP contribution is -2.42. The Hall–Kier alpha value is -2.08. The van der Waals surface area contributed by atoms with Gasteiger partial charge in [0.15, 0.2) is 0 Å². The third-order valence-electron chi connectivity index (χ3n) is 3.67. The number of aryl methyl sites for hydroxylation is 2. The van der Waals surface area contributed by atoms with E-state index in [-0.39, 0.29) is 19.1 Å². The van der Waals surface area contributed by atoms with Gasteiger partial charge in [-0.15, -0.1) is 0 Å². The number of para-hydroxylation sites is 1. The SMILES string of the molecule is Cc1cccc(C)c1OC[C@@H](O)CN1C(=O)NC(C)(C)C1=O. The molecule has 0 unspecified atom stereocenters. The highest BCUT2D eigenvalue weighted by molar-refractivity contribution is 6.06. The largest absolute Gasteiger partial charge is 0.490 e. The summed E-state index contributed by atoms with van der Waals surface area (Å²) in [6, 6.07) is 5.30. The summed E-state index contributed by atoms with van der Waals surface area (Å²) in [4.78, 5) is 24.8. The molecule has 1 saturated heterocycles. The van der Waals surface area contributed by atoms with Gasteiger partial charge >= 0.3 is 6.03 Å². The molecule has 0 bridgehead atoms. The fraction of sp³-hybridized carbons (Fsp3) is 0.500. The molecule has 120 valence electrons. The second kappa shape index (κ2) is 5.96. The average Bonchev–Trinajstić information content (AvgIpc) is 2.60. The molecule has 22 heavy (non-hydrogen) atoms. The van der Waals surface area contributed by atoms with Crippen molar-refractivity contribution in [2.45, 2.75) is 39.3 Å². The zero-order chi connectivity index (χ0) is 16.5. The van der Waals surface area contributed by atoms with Crippen LogP contribution in [0.2, 0.25) is 0 Å². The van der Waals surface area contributed by atoms with Crippen LogP contribution in [-0.4, -0.2) is 46.7 Å². The maximum Gasteiger partial charge on any atom is 0.325 e. The van der Waals surface area contributed by atoms with Gasteiger partial charge in [0.2, 0.25) is 0 Å². The van der Waals surface area contributed by atoms with E-state index in [1.54, 1.807) is 13.8 Å². The summed E-state index contributed by atoms with van der Waals surface area (Å²) >= 11 is 0. The van der Waals surface area contributed by atoms with Gasteiger partial charge in [0.25, 0.3) is 5.91 Å². The second-order valence-corrected chi connectivity index (χ2v) is 6.16. The summed E-state index contributed by atoms with van der Waals surface area (Å²) in [5, 5.41) is 12.6. The fourth-order valence-electron chi connectivity index (χ4n) is 2.45. The minimum atomic E-state index is -0.942. The van der Waals surface area contributed by atoms with Crippen molar-refractivity contribution < 1.29 is 19.4 Å². The van der Waals surface area contributed by atoms with Crippen molar-refractivity contribution in [3.8, 4) is 5.75 Å². The number of nitrogens with one attached hydrogen (secondary N) is 1. The molecule has 1 heterocycles. The van der Waals surface area contributed by atoms with Crippen molar-refractivity contribution in [2.24, 2.45) is 0 Å². The number of hydrogen-bond acceptors (Lipinski definition) is 4. The number of β-amino-alcohol motifs (C(OH)–C–C–N with tert-alkyl or cyclic N) is 1. The van der Waals surface area contributed by atoms with Gasteiger partial charge in [0.05, 0.1) is 6.54 Å². The lowest BCUT2D eigenvalue weighted by molar-refractivity contribution is -0.131. The van der Waals surface area contributed by atoms with E-state index in [0.717, 1.165) is 21.8 Å². The molecule has 0 aliphatic carbocycles. The van der Waals surface area contributed by atoms with Gasteiger partial charge in [-0.3, -0.25) is 9.69 Å². The Labute approximate surface area is 130 Å². The number of aliphatic hydroxyl groups excluding tert-OH is 1. The highest BCUT2D eigenvalue weighted by atomic mass is 16.5. The maximum absolute atomic E-state index is 12.0. The zero-order valence-electron chi connectivity index (χ0n) is 13.3. The van der Waals surface area contributed by atoms with Crippen molar-refractivity contribution >= 4 is 11.9 Å². The molecule has 2 N–H and O–H groups in total. The summed E-state index contributed by atoms with van der Waals surface area (Å²) in [6.07, 6.45) is -0.942. The van der Waals surface area contributed by atoms with E-state index in [9.17, 15) is 14.7 Å². The van der Waals surface area contributed by atoms with Gasteiger partial charge in [0, 0.05) is 0 Å². The number of amides is 3. The van der Waals surface area contributed by atoms with Crippen molar-refractivity contribution in [1.29, 1.82) is 0 Å². The molecule has 1 atom stereocenters. The number of benzene rings is 1. The van der Waals surface area contributed by atoms with E-state index < -0.39 is 17.7 Å². The van der Waals surface area contributed by atoms with E-state index in [2.05, 4.69) is 5.32 Å². The summed E-state index contributed by atoms with van der Waals surface area (Å²) in [6.45, 7) is 7.05. The number of nitrogens with zero attached hydrogens (tertiary/aromatic N) is 1. The van der Waals surface area contributed by atoms with Crippen LogP contribution in [0.5, 0.6) is 5.75 Å². The van der Waals surface area contributed by atoms with E-state index in [4.69, 9.17) is 4.74 Å². The Kier molecular flexibility index (Phi) is 4.42. The lowest BCUT2D eigenvalue weighted by Gasteiger charge is -2.20. The van der Waals surface area contributed by atoms with Crippen LogP contribution in [-0.2, 0) is 4.79 Å². The Bertz CT molecular complexity index is 578. The normalized spacial score (nSPS) is 18.3. The topological polar surface area (TPSA) is 78.9 Å². The molecule has 0 spiro atoms. The average molecular weight is 306 g/mol. The molecule has 0 saturated carbocycles. The van der Waals surface area contributed by atoms with Gasteiger partial charge in [-0.1, -0.05) is 18.2 Å². The molecule has 6 nitrogen and oxygen atoms in total. The summed E-state index contributed by atoms with van der Waals surface area (Å²) in [5.74, 6) is 0.378. The first-order valence-electron chi connectivity index (χ1n) is 7.23. The fourth-order valence-corrected chi connectivity index (χ4v) is 2.45. The quantitative estimate of drug-likeness (QED) is 0.805. The van der Waals surface area contributed by atoms with Crippen LogP contribution in [0.15, 0.2) is 18.2 Å².